The molecule has 6 heteroatoms. The fraction of sp³-hybridized carbons (Fsp3) is 0.350. The highest BCUT2D eigenvalue weighted by molar-refractivity contribution is 6.32. The Hall–Kier alpha value is -2.40. The summed E-state index contributed by atoms with van der Waals surface area (Å²) in [5, 5.41) is 3.50. The van der Waals surface area contributed by atoms with Gasteiger partial charge < -0.3 is 19.5 Å². The van der Waals surface area contributed by atoms with Crippen LogP contribution in [0.5, 0.6) is 17.2 Å². The molecule has 0 fully saturated rings. The molecule has 1 aliphatic heterocycles. The summed E-state index contributed by atoms with van der Waals surface area (Å²) < 4.78 is 16.8. The smallest absolute Gasteiger partial charge is 0.258 e. The molecule has 0 saturated carbocycles. The Morgan fingerprint density at radius 1 is 1.31 bits per heavy atom. The Morgan fingerprint density at radius 3 is 2.81 bits per heavy atom. The van der Waals surface area contributed by atoms with Crippen molar-refractivity contribution >= 4 is 17.5 Å². The maximum atomic E-state index is 12.4. The van der Waals surface area contributed by atoms with Crippen LogP contribution in [0.15, 0.2) is 42.5 Å². The van der Waals surface area contributed by atoms with Crippen LogP contribution in [-0.4, -0.2) is 25.2 Å². The second kappa shape index (κ2) is 7.46. The van der Waals surface area contributed by atoms with Crippen molar-refractivity contribution in [3.63, 3.8) is 0 Å². The standard InChI is InChI=1S/C20H22ClNO4/c1-20(2)11-16(14-10-13(24-3)8-9-17(14)26-20)22-19(23)12-25-18-7-5-4-6-15(18)21/h4-10,16H,11-12H2,1-3H3,(H,22,23)/t16-/m0/s1. The van der Waals surface area contributed by atoms with Crippen LogP contribution in [0.1, 0.15) is 31.9 Å². The van der Waals surface area contributed by atoms with E-state index in [1.807, 2.05) is 44.2 Å². The second-order valence-corrected chi connectivity index (χ2v) is 7.22. The molecule has 2 aromatic rings. The lowest BCUT2D eigenvalue weighted by atomic mass is 9.89. The second-order valence-electron chi connectivity index (χ2n) is 6.81. The van der Waals surface area contributed by atoms with Crippen molar-refractivity contribution in [1.29, 1.82) is 0 Å². The molecule has 1 N–H and O–H groups in total. The summed E-state index contributed by atoms with van der Waals surface area (Å²) in [6, 6.07) is 12.5. The Morgan fingerprint density at radius 2 is 2.08 bits per heavy atom. The quantitative estimate of drug-likeness (QED) is 0.853. The van der Waals surface area contributed by atoms with Gasteiger partial charge in [0.15, 0.2) is 6.61 Å². The highest BCUT2D eigenvalue weighted by Gasteiger charge is 2.34. The van der Waals surface area contributed by atoms with Crippen molar-refractivity contribution in [2.24, 2.45) is 0 Å². The lowest BCUT2D eigenvalue weighted by molar-refractivity contribution is -0.124. The molecule has 0 unspecified atom stereocenters. The number of nitrogens with one attached hydrogen (secondary N) is 1. The normalized spacial score (nSPS) is 17.6. The Balaban J connectivity index is 1.72. The van der Waals surface area contributed by atoms with Crippen LogP contribution in [0.25, 0.3) is 0 Å². The van der Waals surface area contributed by atoms with E-state index >= 15 is 0 Å². The summed E-state index contributed by atoms with van der Waals surface area (Å²) >= 11 is 6.05. The van der Waals surface area contributed by atoms with Crippen LogP contribution in [0.2, 0.25) is 5.02 Å². The van der Waals surface area contributed by atoms with E-state index in [-0.39, 0.29) is 24.2 Å². The fourth-order valence-electron chi connectivity index (χ4n) is 3.03. The number of fused-ring (bicyclic) bond motifs is 1. The predicted molar refractivity (Wildman–Crippen MR) is 100 cm³/mol. The molecule has 1 aliphatic rings. The highest BCUT2D eigenvalue weighted by Crippen LogP contribution is 2.41. The highest BCUT2D eigenvalue weighted by atomic mass is 35.5. The number of methoxy groups -OCH3 is 1. The number of para-hydroxylation sites is 1. The lowest BCUT2D eigenvalue weighted by Crippen LogP contribution is -2.42. The van der Waals surface area contributed by atoms with Crippen molar-refractivity contribution in [2.45, 2.75) is 31.9 Å². The van der Waals surface area contributed by atoms with Gasteiger partial charge in [-0.05, 0) is 44.2 Å². The summed E-state index contributed by atoms with van der Waals surface area (Å²) in [5.74, 6) is 1.73. The van der Waals surface area contributed by atoms with Gasteiger partial charge in [0.2, 0.25) is 0 Å². The average Bonchev–Trinajstić information content (AvgIpc) is 2.60. The molecular weight excluding hydrogens is 354 g/mol. The summed E-state index contributed by atoms with van der Waals surface area (Å²) in [5.41, 5.74) is 0.512. The molecule has 0 aliphatic carbocycles. The van der Waals surface area contributed by atoms with Crippen LogP contribution >= 0.6 is 11.6 Å². The van der Waals surface area contributed by atoms with Crippen LogP contribution < -0.4 is 19.5 Å². The van der Waals surface area contributed by atoms with E-state index in [0.717, 1.165) is 17.1 Å². The zero-order valence-corrected chi connectivity index (χ0v) is 15.8. The maximum Gasteiger partial charge on any atom is 0.258 e. The van der Waals surface area contributed by atoms with Gasteiger partial charge >= 0.3 is 0 Å². The van der Waals surface area contributed by atoms with Gasteiger partial charge in [-0.25, -0.2) is 0 Å². The van der Waals surface area contributed by atoms with Crippen molar-refractivity contribution in [3.05, 3.63) is 53.1 Å². The monoisotopic (exact) mass is 375 g/mol. The van der Waals surface area contributed by atoms with Crippen molar-refractivity contribution in [2.75, 3.05) is 13.7 Å². The van der Waals surface area contributed by atoms with Gasteiger partial charge in [0, 0.05) is 12.0 Å². The van der Waals surface area contributed by atoms with E-state index in [1.54, 1.807) is 19.2 Å². The molecule has 1 amide bonds. The molecule has 2 aromatic carbocycles. The van der Waals surface area contributed by atoms with Gasteiger partial charge in [-0.2, -0.15) is 0 Å². The summed E-state index contributed by atoms with van der Waals surface area (Å²) in [4.78, 5) is 12.4. The molecule has 5 nitrogen and oxygen atoms in total. The average molecular weight is 376 g/mol. The number of amides is 1. The first-order valence-electron chi connectivity index (χ1n) is 8.41. The van der Waals surface area contributed by atoms with Crippen molar-refractivity contribution in [3.8, 4) is 17.2 Å². The summed E-state index contributed by atoms with van der Waals surface area (Å²) in [6.45, 7) is 3.89. The zero-order chi connectivity index (χ0) is 18.7. The van der Waals surface area contributed by atoms with E-state index in [4.69, 9.17) is 25.8 Å². The first-order valence-corrected chi connectivity index (χ1v) is 8.79. The maximum absolute atomic E-state index is 12.4. The molecule has 0 aromatic heterocycles. The van der Waals surface area contributed by atoms with Crippen LogP contribution in [-0.2, 0) is 4.79 Å². The Bertz CT molecular complexity index is 806. The van der Waals surface area contributed by atoms with E-state index < -0.39 is 0 Å². The lowest BCUT2D eigenvalue weighted by Gasteiger charge is -2.38. The minimum absolute atomic E-state index is 0.110. The number of benzene rings is 2. The van der Waals surface area contributed by atoms with Gasteiger partial charge in [-0.3, -0.25) is 4.79 Å². The molecule has 26 heavy (non-hydrogen) atoms. The topological polar surface area (TPSA) is 56.8 Å². The third-order valence-electron chi connectivity index (χ3n) is 4.20. The van der Waals surface area contributed by atoms with E-state index in [9.17, 15) is 4.79 Å². The van der Waals surface area contributed by atoms with Gasteiger partial charge in [0.1, 0.15) is 22.8 Å². The van der Waals surface area contributed by atoms with Gasteiger partial charge in [0.25, 0.3) is 5.91 Å². The molecule has 0 saturated heterocycles. The molecular formula is C20H22ClNO4. The minimum atomic E-state index is -0.386. The zero-order valence-electron chi connectivity index (χ0n) is 15.0. The predicted octanol–water partition coefficient (Wildman–Crippen LogP) is 4.15. The number of carbonyl (C=O) groups excluding carboxylic acids is 1. The van der Waals surface area contributed by atoms with E-state index in [0.29, 0.717) is 17.2 Å². The summed E-state index contributed by atoms with van der Waals surface area (Å²) in [6.07, 6.45) is 0.644. The molecule has 0 radical (unpaired) electrons. The first kappa shape index (κ1) is 18.4. The minimum Gasteiger partial charge on any atom is -0.497 e. The largest absolute Gasteiger partial charge is 0.497 e. The first-order chi connectivity index (χ1) is 12.4. The molecule has 3 rings (SSSR count). The van der Waals surface area contributed by atoms with Gasteiger partial charge in [-0.15, -0.1) is 0 Å². The number of hydrogen-bond donors (Lipinski definition) is 1. The molecule has 0 bridgehead atoms. The van der Waals surface area contributed by atoms with E-state index in [1.165, 1.54) is 0 Å². The van der Waals surface area contributed by atoms with Crippen LogP contribution in [0.3, 0.4) is 0 Å². The van der Waals surface area contributed by atoms with E-state index in [2.05, 4.69) is 5.32 Å². The number of hydrogen-bond acceptors (Lipinski definition) is 4. The Kier molecular flexibility index (Phi) is 5.28. The number of rotatable bonds is 5. The fourth-order valence-corrected chi connectivity index (χ4v) is 3.22. The van der Waals surface area contributed by atoms with Gasteiger partial charge in [0.05, 0.1) is 18.2 Å². The van der Waals surface area contributed by atoms with Crippen molar-refractivity contribution in [1.82, 2.24) is 5.32 Å². The van der Waals surface area contributed by atoms with Crippen molar-refractivity contribution < 1.29 is 19.0 Å². The number of ether oxygens (including phenoxy) is 3. The molecule has 138 valence electrons. The van der Waals surface area contributed by atoms with Crippen LogP contribution in [0, 0.1) is 0 Å². The SMILES string of the molecule is COc1ccc2c(c1)[C@@H](NC(=O)COc1ccccc1Cl)CC(C)(C)O2. The third-order valence-corrected chi connectivity index (χ3v) is 4.52. The molecule has 0 spiro atoms. The Labute approximate surface area is 158 Å². The molecule has 1 heterocycles. The van der Waals surface area contributed by atoms with Gasteiger partial charge in [-0.1, -0.05) is 23.7 Å². The molecule has 1 atom stereocenters. The number of carbonyl (C=O) groups is 1. The third kappa shape index (κ3) is 4.22. The number of halogens is 1. The van der Waals surface area contributed by atoms with Crippen LogP contribution in [0.4, 0.5) is 0 Å². The summed E-state index contributed by atoms with van der Waals surface area (Å²) in [7, 11) is 1.61.